The van der Waals surface area contributed by atoms with Crippen molar-refractivity contribution in [3.8, 4) is 5.82 Å². The van der Waals surface area contributed by atoms with E-state index in [1.165, 1.54) is 0 Å². The van der Waals surface area contributed by atoms with E-state index >= 15 is 0 Å². The minimum Gasteiger partial charge on any atom is -0.365 e. The minimum atomic E-state index is -0.432. The molecule has 0 fully saturated rings. The summed E-state index contributed by atoms with van der Waals surface area (Å²) < 4.78 is 1.89. The number of hydrogen-bond donors (Lipinski definition) is 1. The van der Waals surface area contributed by atoms with E-state index in [1.807, 2.05) is 16.8 Å². The monoisotopic (exact) mass is 270 g/mol. The maximum atomic E-state index is 11.7. The molecule has 2 heterocycles. The van der Waals surface area contributed by atoms with Crippen LogP contribution >= 0.6 is 0 Å². The third-order valence-electron chi connectivity index (χ3n) is 3.72. The molecule has 5 heteroatoms. The van der Waals surface area contributed by atoms with Crippen LogP contribution in [0.5, 0.6) is 0 Å². The predicted octanol–water partition coefficient (Wildman–Crippen LogP) is 1.81. The number of amides is 1. The molecule has 0 spiro atoms. The van der Waals surface area contributed by atoms with Gasteiger partial charge in [0.2, 0.25) is 0 Å². The second-order valence-corrected chi connectivity index (χ2v) is 5.15. The van der Waals surface area contributed by atoms with Crippen LogP contribution in [0.15, 0.2) is 18.5 Å². The number of aryl methyl sites for hydroxylation is 3. The Bertz CT molecular complexity index is 660. The van der Waals surface area contributed by atoms with Crippen LogP contribution in [0.4, 0.5) is 0 Å². The number of rotatable bonds is 4. The van der Waals surface area contributed by atoms with Gasteiger partial charge in [0, 0.05) is 24.5 Å². The quantitative estimate of drug-likeness (QED) is 0.920. The van der Waals surface area contributed by atoms with Crippen LogP contribution in [0.2, 0.25) is 0 Å². The Labute approximate surface area is 117 Å². The molecule has 3 rings (SSSR count). The van der Waals surface area contributed by atoms with Crippen LogP contribution in [0.25, 0.3) is 5.82 Å². The van der Waals surface area contributed by atoms with Crippen LogP contribution in [0.3, 0.4) is 0 Å². The molecule has 2 aromatic rings. The number of hydrogen-bond acceptors (Lipinski definition) is 3. The van der Waals surface area contributed by atoms with Crippen LogP contribution in [-0.4, -0.2) is 20.4 Å². The van der Waals surface area contributed by atoms with Gasteiger partial charge in [0.15, 0.2) is 5.82 Å². The first kappa shape index (κ1) is 12.8. The molecule has 2 N–H and O–H groups in total. The standard InChI is InChI=1S/C15H18N4O/c1-2-4-13-17-7-8-19(13)15-11(14(16)20)9-10-5-3-6-12(10)18-15/h7-9H,2-6H2,1H3,(H2,16,20). The lowest BCUT2D eigenvalue weighted by Gasteiger charge is -2.12. The third-order valence-corrected chi connectivity index (χ3v) is 3.72. The largest absolute Gasteiger partial charge is 0.365 e. The van der Waals surface area contributed by atoms with E-state index in [-0.39, 0.29) is 0 Å². The number of nitrogens with two attached hydrogens (primary N) is 1. The predicted molar refractivity (Wildman–Crippen MR) is 75.9 cm³/mol. The maximum absolute atomic E-state index is 11.7. The van der Waals surface area contributed by atoms with E-state index < -0.39 is 5.91 Å². The highest BCUT2D eigenvalue weighted by Gasteiger charge is 2.21. The van der Waals surface area contributed by atoms with Gasteiger partial charge in [-0.15, -0.1) is 0 Å². The fourth-order valence-corrected chi connectivity index (χ4v) is 2.76. The molecule has 0 saturated carbocycles. The van der Waals surface area contributed by atoms with Crippen molar-refractivity contribution in [1.82, 2.24) is 14.5 Å². The fourth-order valence-electron chi connectivity index (χ4n) is 2.76. The molecule has 5 nitrogen and oxygen atoms in total. The summed E-state index contributed by atoms with van der Waals surface area (Å²) in [6.07, 6.45) is 8.48. The van der Waals surface area contributed by atoms with Crippen LogP contribution in [0.1, 0.15) is 47.2 Å². The molecule has 20 heavy (non-hydrogen) atoms. The van der Waals surface area contributed by atoms with E-state index in [1.54, 1.807) is 6.20 Å². The number of fused-ring (bicyclic) bond motifs is 1. The molecule has 0 saturated heterocycles. The van der Waals surface area contributed by atoms with Crippen molar-refractivity contribution < 1.29 is 4.79 Å². The molecule has 1 amide bonds. The Morgan fingerprint density at radius 3 is 3.05 bits per heavy atom. The van der Waals surface area contributed by atoms with E-state index in [0.717, 1.165) is 49.2 Å². The van der Waals surface area contributed by atoms with Crippen LogP contribution < -0.4 is 5.73 Å². The number of carbonyl (C=O) groups excluding carboxylic acids is 1. The normalized spacial score (nSPS) is 13.4. The Morgan fingerprint density at radius 1 is 1.45 bits per heavy atom. The molecule has 1 aliphatic carbocycles. The summed E-state index contributed by atoms with van der Waals surface area (Å²) >= 11 is 0. The number of pyridine rings is 1. The summed E-state index contributed by atoms with van der Waals surface area (Å²) in [5.41, 5.74) is 8.25. The van der Waals surface area contributed by atoms with Gasteiger partial charge in [-0.2, -0.15) is 0 Å². The molecule has 0 radical (unpaired) electrons. The summed E-state index contributed by atoms with van der Waals surface area (Å²) in [6, 6.07) is 1.91. The molecule has 2 aromatic heterocycles. The summed E-state index contributed by atoms with van der Waals surface area (Å²) in [7, 11) is 0. The summed E-state index contributed by atoms with van der Waals surface area (Å²) in [5.74, 6) is 1.11. The van der Waals surface area contributed by atoms with Crippen LogP contribution in [-0.2, 0) is 19.3 Å². The zero-order chi connectivity index (χ0) is 14.1. The SMILES string of the molecule is CCCc1nccn1-c1nc2c(cc1C(N)=O)CCC2. The molecule has 0 atom stereocenters. The average Bonchev–Trinajstić information content (AvgIpc) is 3.05. The highest BCUT2D eigenvalue weighted by molar-refractivity contribution is 5.96. The van der Waals surface area contributed by atoms with Gasteiger partial charge in [0.1, 0.15) is 5.82 Å². The van der Waals surface area contributed by atoms with Gasteiger partial charge in [-0.25, -0.2) is 9.97 Å². The van der Waals surface area contributed by atoms with Gasteiger partial charge in [0.25, 0.3) is 5.91 Å². The number of imidazole rings is 1. The summed E-state index contributed by atoms with van der Waals surface area (Å²) in [5, 5.41) is 0. The van der Waals surface area contributed by atoms with Crippen molar-refractivity contribution >= 4 is 5.91 Å². The molecule has 104 valence electrons. The van der Waals surface area contributed by atoms with E-state index in [0.29, 0.717) is 11.4 Å². The van der Waals surface area contributed by atoms with Crippen molar-refractivity contribution in [3.63, 3.8) is 0 Å². The van der Waals surface area contributed by atoms with Gasteiger partial charge in [-0.3, -0.25) is 9.36 Å². The Kier molecular flexibility index (Phi) is 3.26. The third kappa shape index (κ3) is 2.09. The smallest absolute Gasteiger partial charge is 0.252 e. The average molecular weight is 270 g/mol. The Morgan fingerprint density at radius 2 is 2.30 bits per heavy atom. The van der Waals surface area contributed by atoms with E-state index in [4.69, 9.17) is 5.73 Å². The second-order valence-electron chi connectivity index (χ2n) is 5.15. The Hall–Kier alpha value is -2.17. The summed E-state index contributed by atoms with van der Waals surface area (Å²) in [6.45, 7) is 2.10. The van der Waals surface area contributed by atoms with Crippen molar-refractivity contribution in [2.75, 3.05) is 0 Å². The topological polar surface area (TPSA) is 73.8 Å². The lowest BCUT2D eigenvalue weighted by Crippen LogP contribution is -2.18. The zero-order valence-electron chi connectivity index (χ0n) is 11.6. The number of aromatic nitrogens is 3. The van der Waals surface area contributed by atoms with Crippen LogP contribution in [0, 0.1) is 0 Å². The van der Waals surface area contributed by atoms with Crippen molar-refractivity contribution in [2.24, 2.45) is 5.73 Å². The zero-order valence-corrected chi connectivity index (χ0v) is 11.6. The van der Waals surface area contributed by atoms with Crippen molar-refractivity contribution in [1.29, 1.82) is 0 Å². The molecule has 0 unspecified atom stereocenters. The van der Waals surface area contributed by atoms with Crippen molar-refractivity contribution in [3.05, 3.63) is 41.1 Å². The first-order chi connectivity index (χ1) is 9.70. The van der Waals surface area contributed by atoms with Gasteiger partial charge in [-0.1, -0.05) is 6.92 Å². The number of carbonyl (C=O) groups is 1. The second kappa shape index (κ2) is 5.07. The first-order valence-corrected chi connectivity index (χ1v) is 7.06. The fraction of sp³-hybridized carbons (Fsp3) is 0.400. The molecular formula is C15H18N4O. The number of primary amides is 1. The lowest BCUT2D eigenvalue weighted by atomic mass is 10.1. The molecule has 0 bridgehead atoms. The summed E-state index contributed by atoms with van der Waals surface area (Å²) in [4.78, 5) is 20.8. The first-order valence-electron chi connectivity index (χ1n) is 7.06. The van der Waals surface area contributed by atoms with Gasteiger partial charge in [-0.05, 0) is 37.3 Å². The molecule has 1 aliphatic rings. The van der Waals surface area contributed by atoms with Gasteiger partial charge in [0.05, 0.1) is 5.56 Å². The molecule has 0 aliphatic heterocycles. The highest BCUT2D eigenvalue weighted by Crippen LogP contribution is 2.25. The molecule has 0 aromatic carbocycles. The highest BCUT2D eigenvalue weighted by atomic mass is 16.1. The van der Waals surface area contributed by atoms with Crippen molar-refractivity contribution in [2.45, 2.75) is 39.0 Å². The van der Waals surface area contributed by atoms with E-state index in [2.05, 4.69) is 16.9 Å². The minimum absolute atomic E-state index is 0.432. The molecular weight excluding hydrogens is 252 g/mol. The maximum Gasteiger partial charge on any atom is 0.252 e. The Balaban J connectivity index is 2.16. The number of nitrogens with zero attached hydrogens (tertiary/aromatic N) is 3. The van der Waals surface area contributed by atoms with Gasteiger partial charge >= 0.3 is 0 Å². The van der Waals surface area contributed by atoms with E-state index in [9.17, 15) is 4.79 Å². The lowest BCUT2D eigenvalue weighted by molar-refractivity contribution is 0.1000. The van der Waals surface area contributed by atoms with Gasteiger partial charge < -0.3 is 5.73 Å².